The highest BCUT2D eigenvalue weighted by Crippen LogP contribution is 2.19. The van der Waals surface area contributed by atoms with Crippen LogP contribution in [0.4, 0.5) is 4.39 Å². The van der Waals surface area contributed by atoms with Gasteiger partial charge >= 0.3 is 0 Å². The number of nitrogens with two attached hydrogens (primary N) is 1. The first-order valence-corrected chi connectivity index (χ1v) is 8.03. The Morgan fingerprint density at radius 1 is 1.50 bits per heavy atom. The van der Waals surface area contributed by atoms with Crippen LogP contribution in [0.2, 0.25) is 0 Å². The van der Waals surface area contributed by atoms with Crippen molar-refractivity contribution in [3.63, 3.8) is 0 Å². The summed E-state index contributed by atoms with van der Waals surface area (Å²) in [5.74, 6) is -0.777. The van der Waals surface area contributed by atoms with E-state index in [1.165, 1.54) is 12.1 Å². The lowest BCUT2D eigenvalue weighted by atomic mass is 10.1. The van der Waals surface area contributed by atoms with E-state index in [4.69, 9.17) is 10.5 Å². The summed E-state index contributed by atoms with van der Waals surface area (Å²) in [6, 6.07) is 3.70. The van der Waals surface area contributed by atoms with Gasteiger partial charge in [-0.05, 0) is 37.5 Å². The molecule has 0 radical (unpaired) electrons. The average molecular weight is 302 g/mol. The number of halogens is 1. The van der Waals surface area contributed by atoms with Gasteiger partial charge in [-0.25, -0.2) is 17.5 Å². The molecule has 1 fully saturated rings. The van der Waals surface area contributed by atoms with Crippen LogP contribution < -0.4 is 10.5 Å². The Bertz CT molecular complexity index is 577. The number of hydrogen-bond acceptors (Lipinski definition) is 4. The maximum atomic E-state index is 13.9. The summed E-state index contributed by atoms with van der Waals surface area (Å²) in [6.45, 7) is 2.56. The van der Waals surface area contributed by atoms with Crippen LogP contribution in [0.15, 0.2) is 23.1 Å². The second kappa shape index (κ2) is 6.17. The van der Waals surface area contributed by atoms with Crippen LogP contribution in [0.5, 0.6) is 0 Å². The minimum absolute atomic E-state index is 0.000845. The van der Waals surface area contributed by atoms with E-state index in [1.807, 2.05) is 6.92 Å². The van der Waals surface area contributed by atoms with Crippen molar-refractivity contribution in [2.75, 3.05) is 6.61 Å². The van der Waals surface area contributed by atoms with Gasteiger partial charge in [0.25, 0.3) is 0 Å². The predicted molar refractivity (Wildman–Crippen MR) is 73.0 cm³/mol. The highest BCUT2D eigenvalue weighted by atomic mass is 32.2. The molecule has 1 saturated heterocycles. The summed E-state index contributed by atoms with van der Waals surface area (Å²) in [4.78, 5) is -0.339. The average Bonchev–Trinajstić information content (AvgIpc) is 2.37. The molecule has 5 nitrogen and oxygen atoms in total. The van der Waals surface area contributed by atoms with E-state index in [9.17, 15) is 12.8 Å². The zero-order chi connectivity index (χ0) is 14.8. The Kier molecular flexibility index (Phi) is 4.74. The van der Waals surface area contributed by atoms with E-state index in [-0.39, 0.29) is 23.6 Å². The minimum atomic E-state index is -3.86. The summed E-state index contributed by atoms with van der Waals surface area (Å²) in [7, 11) is -3.86. The van der Waals surface area contributed by atoms with E-state index < -0.39 is 15.8 Å². The molecule has 0 bridgehead atoms. The zero-order valence-corrected chi connectivity index (χ0v) is 12.1. The molecule has 1 aliphatic rings. The molecule has 0 aromatic heterocycles. The number of hydrogen-bond donors (Lipinski definition) is 2. The maximum absolute atomic E-state index is 13.9. The molecule has 2 atom stereocenters. The Hall–Kier alpha value is -1.02. The zero-order valence-electron chi connectivity index (χ0n) is 11.3. The molecular formula is C13H19FN2O3S. The fraction of sp³-hybridized carbons (Fsp3) is 0.538. The minimum Gasteiger partial charge on any atom is -0.378 e. The van der Waals surface area contributed by atoms with Crippen LogP contribution in [0.1, 0.15) is 25.3 Å². The third-order valence-corrected chi connectivity index (χ3v) is 4.88. The molecule has 2 rings (SSSR count). The quantitative estimate of drug-likeness (QED) is 0.873. The largest absolute Gasteiger partial charge is 0.378 e. The molecule has 0 spiro atoms. The highest BCUT2D eigenvalue weighted by Gasteiger charge is 2.26. The first-order chi connectivity index (χ1) is 9.42. The number of ether oxygens (including phenoxy) is 1. The van der Waals surface area contributed by atoms with E-state index >= 15 is 0 Å². The molecular weight excluding hydrogens is 283 g/mol. The van der Waals surface area contributed by atoms with Gasteiger partial charge in [0, 0.05) is 19.2 Å². The van der Waals surface area contributed by atoms with Crippen molar-refractivity contribution in [2.24, 2.45) is 5.73 Å². The van der Waals surface area contributed by atoms with Crippen LogP contribution >= 0.6 is 0 Å². The summed E-state index contributed by atoms with van der Waals surface area (Å²) in [5, 5.41) is 0. The lowest BCUT2D eigenvalue weighted by Crippen LogP contribution is -2.41. The Morgan fingerprint density at radius 3 is 2.85 bits per heavy atom. The van der Waals surface area contributed by atoms with Gasteiger partial charge < -0.3 is 10.5 Å². The van der Waals surface area contributed by atoms with E-state index in [1.54, 1.807) is 0 Å². The molecule has 3 N–H and O–H groups in total. The lowest BCUT2D eigenvalue weighted by molar-refractivity contribution is 0.0173. The first-order valence-electron chi connectivity index (χ1n) is 6.55. The Labute approximate surface area is 118 Å². The second-order valence-corrected chi connectivity index (χ2v) is 6.68. The van der Waals surface area contributed by atoms with Crippen molar-refractivity contribution in [3.8, 4) is 0 Å². The van der Waals surface area contributed by atoms with Crippen molar-refractivity contribution >= 4 is 10.0 Å². The molecule has 20 heavy (non-hydrogen) atoms. The van der Waals surface area contributed by atoms with Gasteiger partial charge in [0.1, 0.15) is 10.7 Å². The standard InChI is InChI=1S/C13H19FN2O3S/c1-9-6-11(4-5-19-9)16-20(17,18)13-3-2-10(8-15)7-12(13)14/h2-3,7,9,11,16H,4-6,8,15H2,1H3. The van der Waals surface area contributed by atoms with Gasteiger partial charge in [-0.15, -0.1) is 0 Å². The van der Waals surface area contributed by atoms with Crippen LogP contribution in [0.3, 0.4) is 0 Å². The number of nitrogens with one attached hydrogen (secondary N) is 1. The smallest absolute Gasteiger partial charge is 0.243 e. The van der Waals surface area contributed by atoms with Crippen molar-refractivity contribution in [3.05, 3.63) is 29.6 Å². The second-order valence-electron chi connectivity index (χ2n) is 4.99. The normalized spacial score (nSPS) is 23.8. The summed E-state index contributed by atoms with van der Waals surface area (Å²) >= 11 is 0. The maximum Gasteiger partial charge on any atom is 0.243 e. The van der Waals surface area contributed by atoms with Crippen molar-refractivity contribution in [1.29, 1.82) is 0 Å². The Morgan fingerprint density at radius 2 is 2.25 bits per heavy atom. The van der Waals surface area contributed by atoms with E-state index in [2.05, 4.69) is 4.72 Å². The fourth-order valence-electron chi connectivity index (χ4n) is 2.28. The monoisotopic (exact) mass is 302 g/mol. The molecule has 1 aromatic rings. The molecule has 7 heteroatoms. The van der Waals surface area contributed by atoms with Gasteiger partial charge in [-0.3, -0.25) is 0 Å². The van der Waals surface area contributed by atoms with Gasteiger partial charge in [0.15, 0.2) is 0 Å². The molecule has 112 valence electrons. The molecule has 2 unspecified atom stereocenters. The summed E-state index contributed by atoms with van der Waals surface area (Å²) < 4.78 is 46.2. The first kappa shape index (κ1) is 15.4. The van der Waals surface area contributed by atoms with Gasteiger partial charge in [-0.2, -0.15) is 0 Å². The molecule has 1 aromatic carbocycles. The van der Waals surface area contributed by atoms with Crippen LogP contribution in [0.25, 0.3) is 0 Å². The van der Waals surface area contributed by atoms with E-state index in [0.717, 1.165) is 6.07 Å². The highest BCUT2D eigenvalue weighted by molar-refractivity contribution is 7.89. The van der Waals surface area contributed by atoms with Gasteiger partial charge in [-0.1, -0.05) is 6.07 Å². The number of benzene rings is 1. The third-order valence-electron chi connectivity index (χ3n) is 3.33. The predicted octanol–water partition coefficient (Wildman–Crippen LogP) is 1.13. The van der Waals surface area contributed by atoms with Crippen LogP contribution in [0, 0.1) is 5.82 Å². The summed E-state index contributed by atoms with van der Waals surface area (Å²) in [5.41, 5.74) is 5.95. The SMILES string of the molecule is CC1CC(NS(=O)(=O)c2ccc(CN)cc2F)CCO1. The van der Waals surface area contributed by atoms with Gasteiger partial charge in [0.05, 0.1) is 6.10 Å². The van der Waals surface area contributed by atoms with Gasteiger partial charge in [0.2, 0.25) is 10.0 Å². The van der Waals surface area contributed by atoms with Crippen LogP contribution in [-0.4, -0.2) is 27.2 Å². The fourth-order valence-corrected chi connectivity index (χ4v) is 3.62. The van der Waals surface area contributed by atoms with Crippen molar-refractivity contribution in [2.45, 2.75) is 43.4 Å². The molecule has 0 amide bonds. The lowest BCUT2D eigenvalue weighted by Gasteiger charge is -2.27. The molecule has 1 aliphatic heterocycles. The van der Waals surface area contributed by atoms with Crippen molar-refractivity contribution < 1.29 is 17.5 Å². The van der Waals surface area contributed by atoms with Crippen molar-refractivity contribution in [1.82, 2.24) is 4.72 Å². The molecule has 0 aliphatic carbocycles. The van der Waals surface area contributed by atoms with E-state index in [0.29, 0.717) is 25.0 Å². The third kappa shape index (κ3) is 3.54. The molecule has 1 heterocycles. The Balaban J connectivity index is 2.17. The number of sulfonamides is 1. The molecule has 0 saturated carbocycles. The number of rotatable bonds is 4. The summed E-state index contributed by atoms with van der Waals surface area (Å²) in [6.07, 6.45) is 1.18. The van der Waals surface area contributed by atoms with Crippen LogP contribution in [-0.2, 0) is 21.3 Å². The topological polar surface area (TPSA) is 81.4 Å².